The van der Waals surface area contributed by atoms with Crippen LogP contribution in [0.1, 0.15) is 87.5 Å². The average Bonchev–Trinajstić information content (AvgIpc) is 2.88. The molecule has 0 spiro atoms. The minimum absolute atomic E-state index is 0.244. The topological polar surface area (TPSA) is 24.7 Å². The lowest BCUT2D eigenvalue weighted by Crippen LogP contribution is -1.93. The van der Waals surface area contributed by atoms with Crippen molar-refractivity contribution in [2.75, 3.05) is 0 Å². The van der Waals surface area contributed by atoms with Gasteiger partial charge in [0.1, 0.15) is 5.82 Å². The Kier molecular flexibility index (Phi) is 11.4. The minimum Gasteiger partial charge on any atom is -0.206 e. The van der Waals surface area contributed by atoms with Crippen LogP contribution >= 0.6 is 0 Å². The Labute approximate surface area is 211 Å². The highest BCUT2D eigenvalue weighted by Gasteiger charge is 2.06. The third-order valence-electron chi connectivity index (χ3n) is 6.40. The summed E-state index contributed by atoms with van der Waals surface area (Å²) in [6.45, 7) is 4.45. The van der Waals surface area contributed by atoms with Crippen LogP contribution in [0, 0.1) is 5.82 Å². The number of benzene rings is 3. The average molecular weight is 471 g/mol. The van der Waals surface area contributed by atoms with Gasteiger partial charge >= 0.3 is 0 Å². The molecule has 0 unspecified atom stereocenters. The largest absolute Gasteiger partial charge is 0.206 e. The lowest BCUT2D eigenvalue weighted by Gasteiger charge is -2.07. The molecular formula is C32H39FN2. The molecule has 3 rings (SSSR count). The fourth-order valence-corrected chi connectivity index (χ4v) is 4.28. The van der Waals surface area contributed by atoms with Crippen molar-refractivity contribution in [1.82, 2.24) is 0 Å². The predicted molar refractivity (Wildman–Crippen MR) is 149 cm³/mol. The molecule has 0 bridgehead atoms. The Bertz CT molecular complexity index is 1080. The molecule has 0 aliphatic rings. The number of rotatable bonds is 14. The third kappa shape index (κ3) is 8.90. The van der Waals surface area contributed by atoms with E-state index in [1.54, 1.807) is 12.4 Å². The number of halogens is 1. The molecule has 0 aliphatic heterocycles. The standard InChI is InChI=1S/C32H39FN2/c1-3-5-7-9-13-26-17-20-29(21-18-26)31-22-19-27(23-32(31)33)24-34-35-25-30-16-12-11-15-28(30)14-10-8-6-4-2/h11-12,15-25H,3-10,13-14H2,1-2H3. The molecule has 35 heavy (non-hydrogen) atoms. The van der Waals surface area contributed by atoms with Crippen LogP contribution in [0.3, 0.4) is 0 Å². The van der Waals surface area contributed by atoms with Gasteiger partial charge in [0, 0.05) is 5.56 Å². The maximum Gasteiger partial charge on any atom is 0.131 e. The van der Waals surface area contributed by atoms with Crippen LogP contribution in [-0.4, -0.2) is 12.4 Å². The summed E-state index contributed by atoms with van der Waals surface area (Å²) >= 11 is 0. The van der Waals surface area contributed by atoms with E-state index < -0.39 is 0 Å². The first-order valence-corrected chi connectivity index (χ1v) is 13.2. The van der Waals surface area contributed by atoms with Gasteiger partial charge in [-0.15, -0.1) is 0 Å². The van der Waals surface area contributed by atoms with Gasteiger partial charge in [0.25, 0.3) is 0 Å². The van der Waals surface area contributed by atoms with Crippen LogP contribution in [0.4, 0.5) is 4.39 Å². The zero-order valence-corrected chi connectivity index (χ0v) is 21.3. The number of hydrogen-bond acceptors (Lipinski definition) is 2. The molecule has 0 N–H and O–H groups in total. The van der Waals surface area contributed by atoms with Gasteiger partial charge in [0.15, 0.2) is 0 Å². The van der Waals surface area contributed by atoms with Gasteiger partial charge in [-0.25, -0.2) is 4.39 Å². The Morgan fingerprint density at radius 2 is 1.37 bits per heavy atom. The van der Waals surface area contributed by atoms with Gasteiger partial charge in [-0.2, -0.15) is 10.2 Å². The maximum absolute atomic E-state index is 14.8. The number of aryl methyl sites for hydroxylation is 2. The lowest BCUT2D eigenvalue weighted by atomic mass is 10.00. The molecule has 0 saturated carbocycles. The molecular weight excluding hydrogens is 431 g/mol. The van der Waals surface area contributed by atoms with Gasteiger partial charge in [0.2, 0.25) is 0 Å². The van der Waals surface area contributed by atoms with Crippen LogP contribution < -0.4 is 0 Å². The van der Waals surface area contributed by atoms with Crippen molar-refractivity contribution in [3.63, 3.8) is 0 Å². The van der Waals surface area contributed by atoms with Gasteiger partial charge in [-0.3, -0.25) is 0 Å². The van der Waals surface area contributed by atoms with E-state index in [0.29, 0.717) is 11.1 Å². The number of unbranched alkanes of at least 4 members (excludes halogenated alkanes) is 6. The molecule has 0 heterocycles. The highest BCUT2D eigenvalue weighted by atomic mass is 19.1. The normalized spacial score (nSPS) is 11.6. The first kappa shape index (κ1) is 26.5. The van der Waals surface area contributed by atoms with Crippen LogP contribution in [0.15, 0.2) is 76.9 Å². The van der Waals surface area contributed by atoms with Crippen molar-refractivity contribution in [3.8, 4) is 11.1 Å². The molecule has 3 aromatic carbocycles. The summed E-state index contributed by atoms with van der Waals surface area (Å²) in [7, 11) is 0. The minimum atomic E-state index is -0.244. The van der Waals surface area contributed by atoms with Crippen LogP contribution in [0.25, 0.3) is 11.1 Å². The molecule has 0 aromatic heterocycles. The quantitative estimate of drug-likeness (QED) is 0.127. The van der Waals surface area contributed by atoms with E-state index in [2.05, 4.69) is 54.4 Å². The summed E-state index contributed by atoms with van der Waals surface area (Å²) < 4.78 is 14.8. The molecule has 0 fully saturated rings. The van der Waals surface area contributed by atoms with Crippen molar-refractivity contribution in [3.05, 3.63) is 94.8 Å². The highest BCUT2D eigenvalue weighted by Crippen LogP contribution is 2.24. The van der Waals surface area contributed by atoms with Gasteiger partial charge < -0.3 is 0 Å². The van der Waals surface area contributed by atoms with E-state index in [4.69, 9.17) is 0 Å². The SMILES string of the molecule is CCCCCCc1ccc(-c2ccc(C=NN=Cc3ccccc3CCCCCC)cc2F)cc1. The molecule has 0 amide bonds. The Morgan fingerprint density at radius 3 is 2.09 bits per heavy atom. The van der Waals surface area contributed by atoms with E-state index >= 15 is 0 Å². The summed E-state index contributed by atoms with van der Waals surface area (Å²) in [4.78, 5) is 0. The summed E-state index contributed by atoms with van der Waals surface area (Å²) in [5.41, 5.74) is 5.91. The fraction of sp³-hybridized carbons (Fsp3) is 0.375. The van der Waals surface area contributed by atoms with Crippen LogP contribution in [0.2, 0.25) is 0 Å². The Morgan fingerprint density at radius 1 is 0.686 bits per heavy atom. The van der Waals surface area contributed by atoms with Crippen LogP contribution in [-0.2, 0) is 12.8 Å². The Hall–Kier alpha value is -3.07. The van der Waals surface area contributed by atoms with Crippen molar-refractivity contribution in [1.29, 1.82) is 0 Å². The number of nitrogens with zero attached hydrogens (tertiary/aromatic N) is 2. The van der Waals surface area contributed by atoms with E-state index in [1.165, 1.54) is 68.6 Å². The molecule has 2 nitrogen and oxygen atoms in total. The molecule has 3 heteroatoms. The van der Waals surface area contributed by atoms with Gasteiger partial charge in [0.05, 0.1) is 12.4 Å². The summed E-state index contributed by atoms with van der Waals surface area (Å²) in [6.07, 6.45) is 15.5. The van der Waals surface area contributed by atoms with Crippen molar-refractivity contribution < 1.29 is 4.39 Å². The second-order valence-electron chi connectivity index (χ2n) is 9.25. The van der Waals surface area contributed by atoms with E-state index in [1.807, 2.05) is 30.3 Å². The predicted octanol–water partition coefficient (Wildman–Crippen LogP) is 9.19. The fourth-order valence-electron chi connectivity index (χ4n) is 4.28. The van der Waals surface area contributed by atoms with Crippen molar-refractivity contribution in [2.45, 2.75) is 78.1 Å². The molecule has 184 valence electrons. The molecule has 0 aliphatic carbocycles. The monoisotopic (exact) mass is 470 g/mol. The molecule has 3 aromatic rings. The maximum atomic E-state index is 14.8. The van der Waals surface area contributed by atoms with Crippen molar-refractivity contribution in [2.24, 2.45) is 10.2 Å². The highest BCUT2D eigenvalue weighted by molar-refractivity contribution is 5.84. The van der Waals surface area contributed by atoms with Gasteiger partial charge in [-0.1, -0.05) is 113 Å². The number of hydrogen-bond donors (Lipinski definition) is 0. The zero-order valence-electron chi connectivity index (χ0n) is 21.3. The van der Waals surface area contributed by atoms with Crippen molar-refractivity contribution >= 4 is 12.4 Å². The smallest absolute Gasteiger partial charge is 0.131 e. The zero-order chi connectivity index (χ0) is 24.7. The van der Waals surface area contributed by atoms with Crippen LogP contribution in [0.5, 0.6) is 0 Å². The summed E-state index contributed by atoms with van der Waals surface area (Å²) in [5.74, 6) is -0.244. The molecule has 0 radical (unpaired) electrons. The van der Waals surface area contributed by atoms with E-state index in [9.17, 15) is 4.39 Å². The van der Waals surface area contributed by atoms with Gasteiger partial charge in [-0.05, 0) is 59.6 Å². The summed E-state index contributed by atoms with van der Waals surface area (Å²) in [6, 6.07) is 21.8. The third-order valence-corrected chi connectivity index (χ3v) is 6.40. The van der Waals surface area contributed by atoms with E-state index in [0.717, 1.165) is 24.0 Å². The molecule has 0 saturated heterocycles. The first-order chi connectivity index (χ1) is 17.2. The lowest BCUT2D eigenvalue weighted by molar-refractivity contribution is 0.631. The Balaban J connectivity index is 1.58. The second kappa shape index (κ2) is 15.0. The first-order valence-electron chi connectivity index (χ1n) is 13.2. The summed E-state index contributed by atoms with van der Waals surface area (Å²) in [5, 5.41) is 8.38. The van der Waals surface area contributed by atoms with E-state index in [-0.39, 0.29) is 5.82 Å². The molecule has 0 atom stereocenters. The second-order valence-corrected chi connectivity index (χ2v) is 9.25.